The maximum atomic E-state index is 13.0. The van der Waals surface area contributed by atoms with Crippen molar-refractivity contribution >= 4 is 27.7 Å². The summed E-state index contributed by atoms with van der Waals surface area (Å²) in [6.07, 6.45) is 0.444. The highest BCUT2D eigenvalue weighted by atomic mass is 35.5. The predicted octanol–water partition coefficient (Wildman–Crippen LogP) is 3.00. The molecule has 3 atom stereocenters. The van der Waals surface area contributed by atoms with Crippen molar-refractivity contribution < 1.29 is 17.9 Å². The molecule has 2 aromatic rings. The lowest BCUT2D eigenvalue weighted by Crippen LogP contribution is -2.16. The van der Waals surface area contributed by atoms with Crippen molar-refractivity contribution in [3.63, 3.8) is 0 Å². The summed E-state index contributed by atoms with van der Waals surface area (Å²) in [5.41, 5.74) is -0.982. The molecule has 1 aliphatic rings. The van der Waals surface area contributed by atoms with E-state index in [1.54, 1.807) is 24.3 Å². The lowest BCUT2D eigenvalue weighted by Gasteiger charge is -2.05. The third-order valence-corrected chi connectivity index (χ3v) is 7.03. The van der Waals surface area contributed by atoms with Crippen LogP contribution < -0.4 is 4.74 Å². The zero-order valence-corrected chi connectivity index (χ0v) is 14.8. The molecule has 25 heavy (non-hydrogen) atoms. The Morgan fingerprint density at radius 3 is 2.24 bits per heavy atom. The van der Waals surface area contributed by atoms with Gasteiger partial charge in [-0.25, -0.2) is 8.42 Å². The van der Waals surface area contributed by atoms with Crippen LogP contribution in [0.2, 0.25) is 5.02 Å². The van der Waals surface area contributed by atoms with Gasteiger partial charge >= 0.3 is 0 Å². The highest BCUT2D eigenvalue weighted by Gasteiger charge is 2.72. The Labute approximate surface area is 150 Å². The van der Waals surface area contributed by atoms with Crippen molar-refractivity contribution in [1.82, 2.24) is 0 Å². The maximum absolute atomic E-state index is 13.0. The van der Waals surface area contributed by atoms with E-state index >= 15 is 0 Å². The van der Waals surface area contributed by atoms with E-state index in [2.05, 4.69) is 0 Å². The van der Waals surface area contributed by atoms with E-state index in [0.29, 0.717) is 22.6 Å². The molecule has 1 saturated carbocycles. The van der Waals surface area contributed by atoms with Crippen LogP contribution in [0.25, 0.3) is 0 Å². The van der Waals surface area contributed by atoms with Gasteiger partial charge in [0.15, 0.2) is 9.84 Å². The van der Waals surface area contributed by atoms with Crippen LogP contribution in [0.1, 0.15) is 11.5 Å². The normalized spacial score (nSPS) is 25.0. The van der Waals surface area contributed by atoms with E-state index in [0.717, 1.165) is 0 Å². The van der Waals surface area contributed by atoms with E-state index in [1.165, 1.54) is 31.4 Å². The monoisotopic (exact) mass is 375 g/mol. The molecule has 5 nitrogen and oxygen atoms in total. The standard InChI is InChI=1S/C18H14ClNO4S/c1-24-14-6-2-12(3-7-14)16-17(18(16,10-20)11-21)25(22,23)15-8-4-13(19)5-9-15/h2-9,11,16-17H,1H3/t16-,17-,18+/m0/s1. The number of aldehydes is 1. The lowest BCUT2D eigenvalue weighted by molar-refractivity contribution is -0.110. The summed E-state index contributed by atoms with van der Waals surface area (Å²) < 4.78 is 31.0. The van der Waals surface area contributed by atoms with E-state index in [9.17, 15) is 18.5 Å². The number of sulfone groups is 1. The van der Waals surface area contributed by atoms with Crippen LogP contribution in [0.15, 0.2) is 53.4 Å². The topological polar surface area (TPSA) is 84.2 Å². The summed E-state index contributed by atoms with van der Waals surface area (Å²) in [5.74, 6) is -0.114. The first kappa shape index (κ1) is 17.5. The van der Waals surface area contributed by atoms with Crippen LogP contribution in [0.5, 0.6) is 5.75 Å². The second kappa shape index (κ2) is 6.17. The largest absolute Gasteiger partial charge is 0.497 e. The van der Waals surface area contributed by atoms with Crippen molar-refractivity contribution in [1.29, 1.82) is 5.26 Å². The van der Waals surface area contributed by atoms with E-state index in [-0.39, 0.29) is 4.90 Å². The Morgan fingerprint density at radius 2 is 1.76 bits per heavy atom. The van der Waals surface area contributed by atoms with Gasteiger partial charge in [0.2, 0.25) is 0 Å². The lowest BCUT2D eigenvalue weighted by atomic mass is 10.0. The molecule has 2 aromatic carbocycles. The number of carbonyl (C=O) groups excluding carboxylic acids is 1. The highest BCUT2D eigenvalue weighted by Crippen LogP contribution is 2.62. The fourth-order valence-corrected chi connectivity index (χ4v) is 5.51. The van der Waals surface area contributed by atoms with Crippen LogP contribution in [-0.4, -0.2) is 27.1 Å². The number of carbonyl (C=O) groups is 1. The second-order valence-corrected chi connectivity index (χ2v) is 8.34. The minimum atomic E-state index is -3.87. The van der Waals surface area contributed by atoms with Crippen LogP contribution in [0.4, 0.5) is 0 Å². The smallest absolute Gasteiger partial charge is 0.183 e. The SMILES string of the molecule is COc1ccc([C@H]2[C@H](S(=O)(=O)c3ccc(Cl)cc3)[C@]2(C#N)C=O)cc1. The quantitative estimate of drug-likeness (QED) is 0.750. The molecule has 0 heterocycles. The first-order valence-corrected chi connectivity index (χ1v) is 9.34. The number of halogens is 1. The molecule has 7 heteroatoms. The minimum Gasteiger partial charge on any atom is -0.497 e. The number of nitriles is 1. The Kier molecular flexibility index (Phi) is 4.31. The molecule has 1 fully saturated rings. The Bertz CT molecular complexity index is 948. The molecule has 3 rings (SSSR count). The number of methoxy groups -OCH3 is 1. The fraction of sp³-hybridized carbons (Fsp3) is 0.222. The molecule has 0 bridgehead atoms. The zero-order chi connectivity index (χ0) is 18.2. The molecule has 0 amide bonds. The van der Waals surface area contributed by atoms with Gasteiger partial charge in [0.1, 0.15) is 22.7 Å². The van der Waals surface area contributed by atoms with Gasteiger partial charge in [-0.3, -0.25) is 0 Å². The summed E-state index contributed by atoms with van der Waals surface area (Å²) in [7, 11) is -2.35. The summed E-state index contributed by atoms with van der Waals surface area (Å²) >= 11 is 5.81. The Hall–Kier alpha value is -2.36. The fourth-order valence-electron chi connectivity index (χ4n) is 3.14. The van der Waals surface area contributed by atoms with Gasteiger partial charge < -0.3 is 9.53 Å². The first-order valence-electron chi connectivity index (χ1n) is 7.41. The Balaban J connectivity index is 2.05. The molecule has 0 spiro atoms. The third-order valence-electron chi connectivity index (χ3n) is 4.52. The number of nitrogens with zero attached hydrogens (tertiary/aromatic N) is 1. The van der Waals surface area contributed by atoms with Gasteiger partial charge in [0.25, 0.3) is 0 Å². The summed E-state index contributed by atoms with van der Waals surface area (Å²) in [5, 5.41) is 8.80. The average molecular weight is 376 g/mol. The number of hydrogen-bond acceptors (Lipinski definition) is 5. The minimum absolute atomic E-state index is 0.0411. The number of rotatable bonds is 5. The first-order chi connectivity index (χ1) is 11.9. The predicted molar refractivity (Wildman–Crippen MR) is 92.3 cm³/mol. The van der Waals surface area contributed by atoms with E-state index in [4.69, 9.17) is 16.3 Å². The van der Waals surface area contributed by atoms with Crippen LogP contribution in [-0.2, 0) is 14.6 Å². The van der Waals surface area contributed by atoms with E-state index in [1.807, 2.05) is 6.07 Å². The van der Waals surface area contributed by atoms with Gasteiger partial charge in [-0.2, -0.15) is 5.26 Å². The zero-order valence-electron chi connectivity index (χ0n) is 13.2. The summed E-state index contributed by atoms with van der Waals surface area (Å²) in [6.45, 7) is 0. The van der Waals surface area contributed by atoms with Crippen molar-refractivity contribution in [2.75, 3.05) is 7.11 Å². The van der Waals surface area contributed by atoms with Crippen molar-refractivity contribution in [3.8, 4) is 11.8 Å². The van der Waals surface area contributed by atoms with Crippen LogP contribution in [0.3, 0.4) is 0 Å². The number of benzene rings is 2. The van der Waals surface area contributed by atoms with Crippen LogP contribution in [0, 0.1) is 16.7 Å². The van der Waals surface area contributed by atoms with Crippen molar-refractivity contribution in [3.05, 3.63) is 59.1 Å². The molecule has 1 aliphatic carbocycles. The molecular weight excluding hydrogens is 362 g/mol. The maximum Gasteiger partial charge on any atom is 0.183 e. The Morgan fingerprint density at radius 1 is 1.16 bits per heavy atom. The number of hydrogen-bond donors (Lipinski definition) is 0. The van der Waals surface area contributed by atoms with Gasteiger partial charge in [0, 0.05) is 10.9 Å². The molecule has 0 saturated heterocycles. The van der Waals surface area contributed by atoms with Gasteiger partial charge in [-0.1, -0.05) is 23.7 Å². The van der Waals surface area contributed by atoms with Gasteiger partial charge in [-0.15, -0.1) is 0 Å². The van der Waals surface area contributed by atoms with Crippen molar-refractivity contribution in [2.45, 2.75) is 16.1 Å². The molecule has 0 aliphatic heterocycles. The van der Waals surface area contributed by atoms with Crippen molar-refractivity contribution in [2.24, 2.45) is 5.41 Å². The molecule has 128 valence electrons. The van der Waals surface area contributed by atoms with Crippen LogP contribution >= 0.6 is 11.6 Å². The van der Waals surface area contributed by atoms with Gasteiger partial charge in [0.05, 0.1) is 18.1 Å². The molecule has 0 radical (unpaired) electrons. The van der Waals surface area contributed by atoms with E-state index < -0.39 is 26.4 Å². The average Bonchev–Trinajstić information content (AvgIpc) is 3.33. The summed E-state index contributed by atoms with van der Waals surface area (Å²) in [4.78, 5) is 11.7. The summed E-state index contributed by atoms with van der Waals surface area (Å²) in [6, 6.07) is 14.3. The molecule has 0 unspecified atom stereocenters. The third kappa shape index (κ3) is 2.70. The number of ether oxygens (including phenoxy) is 1. The molecule has 0 N–H and O–H groups in total. The second-order valence-electron chi connectivity index (χ2n) is 5.83. The molecular formula is C18H14ClNO4S. The van der Waals surface area contributed by atoms with Gasteiger partial charge in [-0.05, 0) is 42.0 Å². The molecule has 0 aromatic heterocycles. The highest BCUT2D eigenvalue weighted by molar-refractivity contribution is 7.92.